The summed E-state index contributed by atoms with van der Waals surface area (Å²) >= 11 is 6.09. The number of nitrogens with one attached hydrogen (secondary N) is 2. The lowest BCUT2D eigenvalue weighted by molar-refractivity contribution is 0.0735. The molecular weight excluding hydrogens is 634 g/mol. The van der Waals surface area contributed by atoms with Crippen LogP contribution in [-0.4, -0.2) is 74.0 Å². The van der Waals surface area contributed by atoms with E-state index >= 15 is 0 Å². The maximum Gasteiger partial charge on any atom is 0.259 e. The lowest BCUT2D eigenvalue weighted by Gasteiger charge is -2.41. The van der Waals surface area contributed by atoms with E-state index in [2.05, 4.69) is 81.1 Å². The zero-order valence-corrected chi connectivity index (χ0v) is 28.3. The lowest BCUT2D eigenvalue weighted by atomic mass is 9.96. The summed E-state index contributed by atoms with van der Waals surface area (Å²) < 4.78 is 6.01. The van der Waals surface area contributed by atoms with Gasteiger partial charge < -0.3 is 24.9 Å². The number of hydrogen-bond acceptors (Lipinski definition) is 6. The molecule has 5 aromatic rings. The molecule has 2 aliphatic rings. The van der Waals surface area contributed by atoms with Gasteiger partial charge >= 0.3 is 0 Å². The van der Waals surface area contributed by atoms with Gasteiger partial charge in [-0.05, 0) is 66.6 Å². The first-order valence-electron chi connectivity index (χ1n) is 16.9. The topological polar surface area (TPSA) is 81.1 Å². The number of piperazine rings is 2. The zero-order chi connectivity index (χ0) is 33.7. The SMILES string of the molecule is Cc1oc(-c2ccc(Cl)cc2)cc1C(=O)Nc1cc(C(=O)N2CCNCC2)ccc1N1CCN(C(c2ccccc2)c2ccccc2)CC1. The first-order chi connectivity index (χ1) is 23.9. The van der Waals surface area contributed by atoms with E-state index in [0.29, 0.717) is 46.4 Å². The maximum atomic E-state index is 13.9. The van der Waals surface area contributed by atoms with Gasteiger partial charge in [0.1, 0.15) is 11.5 Å². The summed E-state index contributed by atoms with van der Waals surface area (Å²) in [5, 5.41) is 7.10. The Hall–Kier alpha value is -4.89. The minimum absolute atomic E-state index is 0.0357. The summed E-state index contributed by atoms with van der Waals surface area (Å²) in [5.74, 6) is 0.774. The number of amides is 2. The van der Waals surface area contributed by atoms with E-state index in [9.17, 15) is 9.59 Å². The Kier molecular flexibility index (Phi) is 9.80. The van der Waals surface area contributed by atoms with Gasteiger partial charge in [0.25, 0.3) is 11.8 Å². The molecule has 0 saturated carbocycles. The van der Waals surface area contributed by atoms with Crippen molar-refractivity contribution in [1.29, 1.82) is 0 Å². The van der Waals surface area contributed by atoms with E-state index in [1.54, 1.807) is 25.1 Å². The molecule has 2 aliphatic heterocycles. The molecule has 9 heteroatoms. The van der Waals surface area contributed by atoms with Crippen molar-refractivity contribution in [2.75, 3.05) is 62.6 Å². The monoisotopic (exact) mass is 673 g/mol. The van der Waals surface area contributed by atoms with E-state index < -0.39 is 0 Å². The molecule has 0 spiro atoms. The number of rotatable bonds is 8. The highest BCUT2D eigenvalue weighted by Gasteiger charge is 2.29. The maximum absolute atomic E-state index is 13.9. The summed E-state index contributed by atoms with van der Waals surface area (Å²) in [4.78, 5) is 34.1. The highest BCUT2D eigenvalue weighted by Crippen LogP contribution is 2.34. The summed E-state index contributed by atoms with van der Waals surface area (Å²) in [6.45, 7) is 7.79. The molecule has 2 amide bonds. The molecule has 0 aliphatic carbocycles. The number of halogens is 1. The Morgan fingerprint density at radius 3 is 2.04 bits per heavy atom. The zero-order valence-electron chi connectivity index (χ0n) is 27.6. The van der Waals surface area contributed by atoms with Crippen molar-refractivity contribution < 1.29 is 14.0 Å². The van der Waals surface area contributed by atoms with Crippen molar-refractivity contribution >= 4 is 34.8 Å². The molecule has 2 N–H and O–H groups in total. The molecule has 8 nitrogen and oxygen atoms in total. The van der Waals surface area contributed by atoms with E-state index in [1.165, 1.54) is 11.1 Å². The van der Waals surface area contributed by atoms with Crippen molar-refractivity contribution in [1.82, 2.24) is 15.1 Å². The largest absolute Gasteiger partial charge is 0.461 e. The molecule has 2 saturated heterocycles. The van der Waals surface area contributed by atoms with Gasteiger partial charge in [0.05, 0.1) is 23.0 Å². The molecule has 0 radical (unpaired) electrons. The molecule has 7 rings (SSSR count). The number of anilines is 2. The van der Waals surface area contributed by atoms with E-state index in [1.807, 2.05) is 35.2 Å². The number of nitrogens with zero attached hydrogens (tertiary/aromatic N) is 3. The van der Waals surface area contributed by atoms with Crippen LogP contribution in [0, 0.1) is 6.92 Å². The van der Waals surface area contributed by atoms with Gasteiger partial charge in [0.15, 0.2) is 0 Å². The molecule has 3 heterocycles. The lowest BCUT2D eigenvalue weighted by Crippen LogP contribution is -2.48. The average molecular weight is 674 g/mol. The second kappa shape index (κ2) is 14.7. The Morgan fingerprint density at radius 2 is 1.41 bits per heavy atom. The van der Waals surface area contributed by atoms with E-state index in [-0.39, 0.29) is 17.9 Å². The first-order valence-corrected chi connectivity index (χ1v) is 17.2. The normalized spacial score (nSPS) is 15.4. The molecule has 2 fully saturated rings. The van der Waals surface area contributed by atoms with Gasteiger partial charge in [0.2, 0.25) is 0 Å². The summed E-state index contributed by atoms with van der Waals surface area (Å²) in [7, 11) is 0. The van der Waals surface area contributed by atoms with Crippen molar-refractivity contribution in [3.63, 3.8) is 0 Å². The molecule has 250 valence electrons. The number of carbonyl (C=O) groups is 2. The Balaban J connectivity index is 1.16. The van der Waals surface area contributed by atoms with Gasteiger partial charge in [0, 0.05) is 68.5 Å². The summed E-state index contributed by atoms with van der Waals surface area (Å²) in [6.07, 6.45) is 0. The predicted octanol–water partition coefficient (Wildman–Crippen LogP) is 7.12. The number of furan rings is 1. The van der Waals surface area contributed by atoms with Crippen LogP contribution in [-0.2, 0) is 0 Å². The molecule has 1 aromatic heterocycles. The quantitative estimate of drug-likeness (QED) is 0.183. The van der Waals surface area contributed by atoms with E-state index in [0.717, 1.165) is 50.5 Å². The molecule has 49 heavy (non-hydrogen) atoms. The fraction of sp³-hybridized carbons (Fsp3) is 0.250. The van der Waals surface area contributed by atoms with Crippen molar-refractivity contribution in [3.8, 4) is 11.3 Å². The van der Waals surface area contributed by atoms with Gasteiger partial charge in [-0.1, -0.05) is 72.3 Å². The smallest absolute Gasteiger partial charge is 0.259 e. The minimum atomic E-state index is -0.290. The van der Waals surface area contributed by atoms with Crippen LogP contribution in [0.5, 0.6) is 0 Å². The molecular formula is C40H40ClN5O3. The number of benzene rings is 4. The summed E-state index contributed by atoms with van der Waals surface area (Å²) in [6, 6.07) is 36.2. The van der Waals surface area contributed by atoms with Gasteiger partial charge in [-0.25, -0.2) is 0 Å². The number of carbonyl (C=O) groups excluding carboxylic acids is 2. The fourth-order valence-electron chi connectivity index (χ4n) is 6.85. The van der Waals surface area contributed by atoms with Crippen molar-refractivity contribution in [3.05, 3.63) is 142 Å². The number of hydrogen-bond donors (Lipinski definition) is 2. The molecule has 0 bridgehead atoms. The van der Waals surface area contributed by atoms with Gasteiger partial charge in [-0.2, -0.15) is 0 Å². The van der Waals surface area contributed by atoms with Crippen LogP contribution in [0.2, 0.25) is 5.02 Å². The van der Waals surface area contributed by atoms with Crippen LogP contribution in [0.3, 0.4) is 0 Å². The van der Waals surface area contributed by atoms with Crippen LogP contribution in [0.4, 0.5) is 11.4 Å². The van der Waals surface area contributed by atoms with Crippen molar-refractivity contribution in [2.24, 2.45) is 0 Å². The van der Waals surface area contributed by atoms with Gasteiger partial charge in [-0.3, -0.25) is 14.5 Å². The highest BCUT2D eigenvalue weighted by atomic mass is 35.5. The first kappa shape index (κ1) is 32.6. The molecule has 4 aromatic carbocycles. The van der Waals surface area contributed by atoms with Crippen LogP contribution < -0.4 is 15.5 Å². The standard InChI is InChI=1S/C40H40ClN5O3/c1-28-34(27-37(49-28)29-12-15-33(41)16-13-29)39(47)43-35-26-32(40(48)46-20-18-42-19-21-46)14-17-36(35)44-22-24-45(25-23-44)38(30-8-4-2-5-9-30)31-10-6-3-7-11-31/h2-17,26-27,38,42H,18-25H2,1H3,(H,43,47). The van der Waals surface area contributed by atoms with Gasteiger partial charge in [-0.15, -0.1) is 0 Å². The van der Waals surface area contributed by atoms with E-state index in [4.69, 9.17) is 16.0 Å². The Morgan fingerprint density at radius 1 is 0.776 bits per heavy atom. The van der Waals surface area contributed by atoms with Crippen LogP contribution in [0.15, 0.2) is 114 Å². The third-order valence-corrected chi connectivity index (χ3v) is 9.69. The van der Waals surface area contributed by atoms with Crippen LogP contribution in [0.1, 0.15) is 43.6 Å². The predicted molar refractivity (Wildman–Crippen MR) is 196 cm³/mol. The second-order valence-corrected chi connectivity index (χ2v) is 13.0. The highest BCUT2D eigenvalue weighted by molar-refractivity contribution is 6.30. The van der Waals surface area contributed by atoms with Crippen LogP contribution in [0.25, 0.3) is 11.3 Å². The number of aryl methyl sites for hydroxylation is 1. The molecule has 0 unspecified atom stereocenters. The molecule has 0 atom stereocenters. The Bertz CT molecular complexity index is 1860. The Labute approximate surface area is 292 Å². The third kappa shape index (κ3) is 7.27. The third-order valence-electron chi connectivity index (χ3n) is 9.44. The van der Waals surface area contributed by atoms with Crippen LogP contribution >= 0.6 is 11.6 Å². The minimum Gasteiger partial charge on any atom is -0.461 e. The van der Waals surface area contributed by atoms with Crippen molar-refractivity contribution in [2.45, 2.75) is 13.0 Å². The second-order valence-electron chi connectivity index (χ2n) is 12.6. The summed E-state index contributed by atoms with van der Waals surface area (Å²) in [5.41, 5.74) is 5.85. The fourth-order valence-corrected chi connectivity index (χ4v) is 6.98. The average Bonchev–Trinajstić information content (AvgIpc) is 3.55.